The van der Waals surface area contributed by atoms with Crippen molar-refractivity contribution in [1.82, 2.24) is 5.32 Å². The molecule has 0 fully saturated rings. The van der Waals surface area contributed by atoms with Gasteiger partial charge in [-0.1, -0.05) is 30.3 Å². The lowest BCUT2D eigenvalue weighted by molar-refractivity contribution is -0.134. The fourth-order valence-corrected chi connectivity index (χ4v) is 3.28. The van der Waals surface area contributed by atoms with E-state index < -0.39 is 11.9 Å². The fourth-order valence-electron chi connectivity index (χ4n) is 2.50. The van der Waals surface area contributed by atoms with Crippen molar-refractivity contribution in [2.45, 2.75) is 20.3 Å². The average Bonchev–Trinajstić information content (AvgIpc) is 2.64. The third-order valence-corrected chi connectivity index (χ3v) is 4.47. The lowest BCUT2D eigenvalue weighted by Gasteiger charge is -2.15. The maximum Gasteiger partial charge on any atom is 0.352 e. The maximum absolute atomic E-state index is 11.3. The molecule has 0 aliphatic heterocycles. The Morgan fingerprint density at radius 2 is 1.89 bits per heavy atom. The number of aliphatic carboxylic acids is 1. The first kappa shape index (κ1) is 21.7. The summed E-state index contributed by atoms with van der Waals surface area (Å²) in [6.45, 7) is 4.05. The van der Waals surface area contributed by atoms with Gasteiger partial charge in [0.1, 0.15) is 5.70 Å². The molecule has 2 rings (SSSR count). The largest absolute Gasteiger partial charge is 0.490 e. The minimum Gasteiger partial charge on any atom is -0.490 e. The van der Waals surface area contributed by atoms with Gasteiger partial charge in [0.2, 0.25) is 5.91 Å². The average molecular weight is 495 g/mol. The van der Waals surface area contributed by atoms with Gasteiger partial charge in [-0.15, -0.1) is 0 Å². The van der Waals surface area contributed by atoms with Crippen LogP contribution in [0, 0.1) is 3.57 Å². The van der Waals surface area contributed by atoms with E-state index in [4.69, 9.17) is 9.47 Å². The Bertz CT molecular complexity index is 865. The van der Waals surface area contributed by atoms with Crippen LogP contribution >= 0.6 is 22.6 Å². The van der Waals surface area contributed by atoms with Gasteiger partial charge in [0, 0.05) is 13.3 Å². The number of benzene rings is 2. The Morgan fingerprint density at radius 1 is 1.18 bits per heavy atom. The van der Waals surface area contributed by atoms with Gasteiger partial charge in [-0.05, 0) is 58.9 Å². The number of carbonyl (C=O) groups excluding carboxylic acids is 1. The topological polar surface area (TPSA) is 84.9 Å². The lowest BCUT2D eigenvalue weighted by Crippen LogP contribution is -2.24. The van der Waals surface area contributed by atoms with E-state index in [9.17, 15) is 14.7 Å². The van der Waals surface area contributed by atoms with Crippen LogP contribution in [-0.4, -0.2) is 30.2 Å². The molecule has 0 unspecified atom stereocenters. The van der Waals surface area contributed by atoms with Crippen LogP contribution < -0.4 is 14.8 Å². The van der Waals surface area contributed by atoms with Crippen LogP contribution in [0.2, 0.25) is 0 Å². The molecule has 2 aromatic rings. The van der Waals surface area contributed by atoms with Crippen LogP contribution in [-0.2, 0) is 16.0 Å². The van der Waals surface area contributed by atoms with Gasteiger partial charge < -0.3 is 19.9 Å². The first-order valence-corrected chi connectivity index (χ1v) is 9.84. The molecule has 7 heteroatoms. The Kier molecular flexibility index (Phi) is 8.31. The molecule has 6 nitrogen and oxygen atoms in total. The number of carboxylic acids is 1. The summed E-state index contributed by atoms with van der Waals surface area (Å²) in [5.41, 5.74) is 1.56. The molecule has 0 aliphatic rings. The lowest BCUT2D eigenvalue weighted by atomic mass is 10.1. The van der Waals surface area contributed by atoms with Crippen LogP contribution in [0.25, 0.3) is 6.08 Å². The number of halogens is 1. The molecule has 0 radical (unpaired) electrons. The maximum atomic E-state index is 11.3. The standard InChI is InChI=1S/C21H22INO5/c1-3-27-19-13-16(12-18(21(25)26)23-14(2)24)11-17(22)20(19)28-10-9-15-7-5-4-6-8-15/h4-8,11-13H,3,9-10H2,1-2H3,(H,23,24)(H,25,26). The predicted octanol–water partition coefficient (Wildman–Crippen LogP) is 3.87. The van der Waals surface area contributed by atoms with E-state index in [-0.39, 0.29) is 5.70 Å². The van der Waals surface area contributed by atoms with E-state index in [1.165, 1.54) is 18.6 Å². The number of hydrogen-bond acceptors (Lipinski definition) is 4. The summed E-state index contributed by atoms with van der Waals surface area (Å²) < 4.78 is 12.4. The zero-order valence-corrected chi connectivity index (χ0v) is 17.9. The molecule has 0 heterocycles. The molecule has 0 aliphatic carbocycles. The molecule has 148 valence electrons. The Hall–Kier alpha value is -2.55. The van der Waals surface area contributed by atoms with Crippen LogP contribution in [0.1, 0.15) is 25.0 Å². The van der Waals surface area contributed by atoms with Gasteiger partial charge in [-0.25, -0.2) is 4.79 Å². The normalized spacial score (nSPS) is 11.0. The summed E-state index contributed by atoms with van der Waals surface area (Å²) in [7, 11) is 0. The second kappa shape index (κ2) is 10.7. The van der Waals surface area contributed by atoms with E-state index in [0.717, 1.165) is 9.99 Å². The molecule has 28 heavy (non-hydrogen) atoms. The number of carboxylic acid groups (broad SMARTS) is 1. The van der Waals surface area contributed by atoms with Gasteiger partial charge in [0.15, 0.2) is 11.5 Å². The van der Waals surface area contributed by atoms with Crippen molar-refractivity contribution in [2.75, 3.05) is 13.2 Å². The van der Waals surface area contributed by atoms with Gasteiger partial charge in [-0.3, -0.25) is 4.79 Å². The van der Waals surface area contributed by atoms with Gasteiger partial charge in [0.05, 0.1) is 16.8 Å². The highest BCUT2D eigenvalue weighted by Crippen LogP contribution is 2.35. The second-order valence-corrected chi connectivity index (χ2v) is 7.05. The number of amides is 1. The number of hydrogen-bond donors (Lipinski definition) is 2. The van der Waals surface area contributed by atoms with Crippen molar-refractivity contribution in [1.29, 1.82) is 0 Å². The van der Waals surface area contributed by atoms with Crippen molar-refractivity contribution < 1.29 is 24.2 Å². The summed E-state index contributed by atoms with van der Waals surface area (Å²) in [5.74, 6) is -0.520. The van der Waals surface area contributed by atoms with Crippen molar-refractivity contribution in [3.8, 4) is 11.5 Å². The van der Waals surface area contributed by atoms with Crippen molar-refractivity contribution >= 4 is 40.5 Å². The summed E-state index contributed by atoms with van der Waals surface area (Å²) in [4.78, 5) is 22.6. The molecular weight excluding hydrogens is 473 g/mol. The number of rotatable bonds is 9. The summed E-state index contributed by atoms with van der Waals surface area (Å²) in [6, 6.07) is 13.5. The van der Waals surface area contributed by atoms with Crippen molar-refractivity contribution in [3.63, 3.8) is 0 Å². The van der Waals surface area contributed by atoms with E-state index in [1.807, 2.05) is 37.3 Å². The van der Waals surface area contributed by atoms with E-state index in [2.05, 4.69) is 27.9 Å². The molecule has 0 spiro atoms. The Labute approximate surface area is 177 Å². The highest BCUT2D eigenvalue weighted by Gasteiger charge is 2.14. The number of ether oxygens (including phenoxy) is 2. The molecule has 2 aromatic carbocycles. The smallest absolute Gasteiger partial charge is 0.352 e. The zero-order valence-electron chi connectivity index (χ0n) is 15.7. The molecular formula is C21H22INO5. The van der Waals surface area contributed by atoms with Gasteiger partial charge in [-0.2, -0.15) is 0 Å². The quantitative estimate of drug-likeness (QED) is 0.408. The predicted molar refractivity (Wildman–Crippen MR) is 115 cm³/mol. The first-order valence-electron chi connectivity index (χ1n) is 8.76. The fraction of sp³-hybridized carbons (Fsp3) is 0.238. The minimum absolute atomic E-state index is 0.205. The summed E-state index contributed by atoms with van der Waals surface area (Å²) >= 11 is 2.13. The van der Waals surface area contributed by atoms with E-state index >= 15 is 0 Å². The van der Waals surface area contributed by atoms with Crippen molar-refractivity contribution in [2.24, 2.45) is 0 Å². The summed E-state index contributed by atoms with van der Waals surface area (Å²) in [5, 5.41) is 11.6. The SMILES string of the molecule is CCOc1cc(C=C(NC(C)=O)C(=O)O)cc(I)c1OCCc1ccccc1. The van der Waals surface area contributed by atoms with Crippen LogP contribution in [0.5, 0.6) is 11.5 Å². The molecule has 0 bridgehead atoms. The van der Waals surface area contributed by atoms with E-state index in [0.29, 0.717) is 30.3 Å². The monoisotopic (exact) mass is 495 g/mol. The number of nitrogens with one attached hydrogen (secondary N) is 1. The molecule has 0 aromatic heterocycles. The van der Waals surface area contributed by atoms with E-state index in [1.54, 1.807) is 12.1 Å². The molecule has 0 saturated heterocycles. The van der Waals surface area contributed by atoms with Crippen LogP contribution in [0.3, 0.4) is 0 Å². The Morgan fingerprint density at radius 3 is 2.50 bits per heavy atom. The molecule has 2 N–H and O–H groups in total. The van der Waals surface area contributed by atoms with Crippen LogP contribution in [0.15, 0.2) is 48.2 Å². The third-order valence-electron chi connectivity index (χ3n) is 3.66. The molecule has 1 amide bonds. The number of carbonyl (C=O) groups is 2. The zero-order chi connectivity index (χ0) is 20.5. The molecule has 0 saturated carbocycles. The third kappa shape index (κ3) is 6.56. The first-order chi connectivity index (χ1) is 13.4. The minimum atomic E-state index is -1.22. The Balaban J connectivity index is 2.24. The molecule has 0 atom stereocenters. The second-order valence-electron chi connectivity index (χ2n) is 5.89. The highest BCUT2D eigenvalue weighted by atomic mass is 127. The van der Waals surface area contributed by atoms with Crippen molar-refractivity contribution in [3.05, 3.63) is 62.9 Å². The highest BCUT2D eigenvalue weighted by molar-refractivity contribution is 14.1. The van der Waals surface area contributed by atoms with Gasteiger partial charge >= 0.3 is 5.97 Å². The summed E-state index contributed by atoms with van der Waals surface area (Å²) in [6.07, 6.45) is 2.15. The van der Waals surface area contributed by atoms with Gasteiger partial charge in [0.25, 0.3) is 0 Å². The van der Waals surface area contributed by atoms with Crippen LogP contribution in [0.4, 0.5) is 0 Å².